The molecule has 4 saturated heterocycles. The number of hydrogen-bond acceptors (Lipinski definition) is 24. The van der Waals surface area contributed by atoms with Gasteiger partial charge in [-0.05, 0) is 229 Å². The van der Waals surface area contributed by atoms with Crippen LogP contribution < -0.4 is 57.4 Å². The Morgan fingerprint density at radius 1 is 0.615 bits per heavy atom. The number of benzene rings is 4. The Hall–Kier alpha value is -5.15. The first kappa shape index (κ1) is 90.8. The quantitative estimate of drug-likeness (QED) is 0.0205. The summed E-state index contributed by atoms with van der Waals surface area (Å²) in [4.78, 5) is 79.3. The number of carbonyl (C=O) groups excluding carboxylic acids is 5. The molecule has 0 amide bonds. The van der Waals surface area contributed by atoms with E-state index in [9.17, 15) is 43.9 Å². The van der Waals surface area contributed by atoms with Crippen LogP contribution in [-0.2, 0) is 38.1 Å². The second kappa shape index (κ2) is 47.8. The molecule has 6 heterocycles. The molecule has 0 atom stereocenters. The Balaban J connectivity index is 0.00000111. The van der Waals surface area contributed by atoms with Gasteiger partial charge in [0.05, 0.1) is 22.4 Å². The van der Waals surface area contributed by atoms with E-state index in [0.29, 0.717) is 47.3 Å². The number of nitrogens with one attached hydrogen (secondary N) is 2. The number of phenols is 2. The number of ether oxygens (including phenoxy) is 3. The van der Waals surface area contributed by atoms with Crippen molar-refractivity contribution in [2.24, 2.45) is 0 Å². The van der Waals surface area contributed by atoms with E-state index < -0.39 is 40.2 Å². The van der Waals surface area contributed by atoms with Crippen molar-refractivity contribution >= 4 is 162 Å². The summed E-state index contributed by atoms with van der Waals surface area (Å²) >= 11 is 30.2. The van der Waals surface area contributed by atoms with Crippen LogP contribution in [0.15, 0.2) is 115 Å². The molecule has 0 unspecified atom stereocenters. The first-order chi connectivity index (χ1) is 44.3. The molecule has 96 heavy (non-hydrogen) atoms. The molecule has 10 rings (SSSR count). The minimum absolute atomic E-state index is 0. The fourth-order valence-electron chi connectivity index (χ4n) is 9.52. The van der Waals surface area contributed by atoms with Crippen LogP contribution in [0.5, 0.6) is 11.5 Å². The van der Waals surface area contributed by atoms with E-state index in [-0.39, 0.29) is 71.4 Å². The first-order valence-electron chi connectivity index (χ1n) is 29.4. The number of oxazole rings is 2. The Kier molecular flexibility index (Phi) is 45.2. The fraction of sp³-hybridized carbons (Fsp3) is 0.466. The summed E-state index contributed by atoms with van der Waals surface area (Å²) in [6.45, 7) is 15.8. The number of hydrogen-bond donors (Lipinski definition) is 8. The molecule has 4 fully saturated rings. The van der Waals surface area contributed by atoms with E-state index >= 15 is 0 Å². The molecule has 1 radical (unpaired) electrons. The largest absolute Gasteiger partial charge is 1.00 e. The number of nitrogen functional groups attached to an aromatic ring is 1. The molecule has 521 valence electrons. The number of phenolic OH excluding ortho intramolecular Hbond substituents is 2. The minimum Gasteiger partial charge on any atom is 1.00 e. The smallest absolute Gasteiger partial charge is 1.00 e. The van der Waals surface area contributed by atoms with Crippen LogP contribution in [-0.4, -0.2) is 180 Å². The average molecular weight is 1470 g/mol. The van der Waals surface area contributed by atoms with Crippen LogP contribution in [0.1, 0.15) is 84.2 Å². The number of fused-ring (bicyclic) bond motifs is 2. The number of alkyl halides is 6. The number of aromatic nitrogens is 2. The number of carbonyl (C=O) groups is 4. The van der Waals surface area contributed by atoms with Crippen molar-refractivity contribution in [3.63, 3.8) is 0 Å². The van der Waals surface area contributed by atoms with Gasteiger partial charge in [0.2, 0.25) is 0 Å². The third kappa shape index (κ3) is 35.6. The summed E-state index contributed by atoms with van der Waals surface area (Å²) in [6, 6.07) is 29.9. The first-order valence-corrected chi connectivity index (χ1v) is 31.6. The van der Waals surface area contributed by atoms with Crippen LogP contribution in [0.3, 0.4) is 0 Å². The number of piperidine rings is 4. The summed E-state index contributed by atoms with van der Waals surface area (Å²) in [5.74, 6) is -0.875. The van der Waals surface area contributed by atoms with E-state index in [1.54, 1.807) is 59.9 Å². The molecule has 0 saturated carbocycles. The maximum Gasteiger partial charge on any atom is 1.00 e. The van der Waals surface area contributed by atoms with Crippen LogP contribution in [0.2, 0.25) is 20.5 Å². The molecule has 4 aromatic carbocycles. The molecule has 0 spiro atoms. The predicted octanol–water partition coefficient (Wildman–Crippen LogP) is 4.66. The SMILES string of the molecule is CB(O)N1CCC(=O)CC1.CB(O)N1CCC(Nc2ccccc2O)CC1.CB(O)N1CCC(n2c(=O)oc3ccccc32)CC1.CC(=O)OC(C)=O.C[C-]=O.Nc1ccccc1O.O.O=C(OC(Cl)(Cl)Cl)OC(Cl)(Cl)Cl.O=c1oc2ccccc2n1C1CCNCC1.[B]=O.[Na+]. The number of halogens is 6. The second-order valence-corrected chi connectivity index (χ2v) is 25.1. The maximum absolute atomic E-state index is 12.0. The maximum atomic E-state index is 12.0. The Morgan fingerprint density at radius 2 is 0.969 bits per heavy atom. The number of anilines is 2. The van der Waals surface area contributed by atoms with Gasteiger partial charge in [0.15, 0.2) is 11.2 Å². The number of para-hydroxylation sites is 8. The average Bonchev–Trinajstić information content (AvgIpc) is 1.65. The topological polar surface area (TPSA) is 393 Å². The number of rotatable bonds is 7. The van der Waals surface area contributed by atoms with E-state index in [1.165, 1.54) is 27.1 Å². The van der Waals surface area contributed by atoms with E-state index in [4.69, 9.17) is 104 Å². The van der Waals surface area contributed by atoms with Gasteiger partial charge in [-0.15, -0.1) is 0 Å². The molecular weight excluding hydrogens is 1390 g/mol. The zero-order valence-corrected chi connectivity index (χ0v) is 60.8. The Bertz CT molecular complexity index is 3300. The van der Waals surface area contributed by atoms with Gasteiger partial charge >= 0.3 is 101 Å². The van der Waals surface area contributed by atoms with E-state index in [1.807, 2.05) is 76.4 Å². The number of ketones is 1. The van der Waals surface area contributed by atoms with Crippen molar-refractivity contribution < 1.29 is 112 Å². The fourth-order valence-corrected chi connectivity index (χ4v) is 9.90. The summed E-state index contributed by atoms with van der Waals surface area (Å²) in [5.41, 5.74) is 9.60. The zero-order valence-electron chi connectivity index (χ0n) is 54.2. The summed E-state index contributed by atoms with van der Waals surface area (Å²) in [7, 11) is 2.08. The van der Waals surface area contributed by atoms with Crippen LogP contribution in [0.25, 0.3) is 22.2 Å². The van der Waals surface area contributed by atoms with Crippen molar-refractivity contribution in [3.05, 3.63) is 118 Å². The molecule has 38 heteroatoms. The van der Waals surface area contributed by atoms with Crippen LogP contribution in [0, 0.1) is 0 Å². The minimum atomic E-state index is -2.24. The number of nitrogens with two attached hydrogens (primary N) is 1. The van der Waals surface area contributed by atoms with Gasteiger partial charge < -0.3 is 89.4 Å². The number of aromatic hydroxyl groups is 2. The van der Waals surface area contributed by atoms with Gasteiger partial charge in [-0.2, -0.15) is 6.92 Å². The number of nitrogens with zero attached hydrogens (tertiary/aromatic N) is 5. The summed E-state index contributed by atoms with van der Waals surface area (Å²) < 4.78 is 29.3. The monoisotopic (exact) mass is 1470 g/mol. The van der Waals surface area contributed by atoms with Gasteiger partial charge in [-0.1, -0.05) is 48.5 Å². The van der Waals surface area contributed by atoms with Crippen molar-refractivity contribution in [2.45, 2.75) is 119 Å². The Labute approximate surface area is 610 Å². The molecule has 0 bridgehead atoms. The summed E-state index contributed by atoms with van der Waals surface area (Å²) in [5, 5.41) is 53.2. The van der Waals surface area contributed by atoms with Crippen molar-refractivity contribution in [3.8, 4) is 11.5 Å². The van der Waals surface area contributed by atoms with Gasteiger partial charge in [0.1, 0.15) is 17.3 Å². The van der Waals surface area contributed by atoms with Crippen LogP contribution in [0.4, 0.5) is 16.2 Å². The predicted molar refractivity (Wildman–Crippen MR) is 370 cm³/mol. The van der Waals surface area contributed by atoms with E-state index in [2.05, 4.69) is 37.4 Å². The van der Waals surface area contributed by atoms with Crippen molar-refractivity contribution in [2.75, 3.05) is 63.4 Å². The summed E-state index contributed by atoms with van der Waals surface area (Å²) in [6.07, 6.45) is 6.96. The van der Waals surface area contributed by atoms with Gasteiger partial charge in [-0.25, -0.2) is 14.4 Å². The van der Waals surface area contributed by atoms with Gasteiger partial charge in [0.25, 0.3) is 0 Å². The molecule has 6 aromatic rings. The Morgan fingerprint density at radius 3 is 1.32 bits per heavy atom. The van der Waals surface area contributed by atoms with E-state index in [0.717, 1.165) is 108 Å². The molecule has 0 aliphatic carbocycles. The third-order valence-electron chi connectivity index (χ3n) is 13.9. The van der Waals surface area contributed by atoms with Gasteiger partial charge in [-0.3, -0.25) is 29.8 Å². The molecule has 4 aliphatic heterocycles. The zero-order chi connectivity index (χ0) is 70.7. The molecule has 4 aliphatic rings. The van der Waals surface area contributed by atoms with Crippen molar-refractivity contribution in [1.29, 1.82) is 0 Å². The normalized spacial score (nSPS) is 15.0. The third-order valence-corrected chi connectivity index (χ3v) is 14.4. The second-order valence-electron chi connectivity index (χ2n) is 20.8. The molecule has 27 nitrogen and oxygen atoms in total. The number of Topliss-reactive ketones (excluding diaryl/α,β-unsaturated/α-hetero) is 1. The molecule has 11 N–H and O–H groups in total. The van der Waals surface area contributed by atoms with Gasteiger partial charge in [0, 0.05) is 44.8 Å². The molecular formula is C58H80B4Cl6N8NaO19. The number of esters is 2. The van der Waals surface area contributed by atoms with Crippen LogP contribution >= 0.6 is 69.6 Å². The molecule has 2 aromatic heterocycles. The standard InChI is InChI=1S/C13H17BN2O3.C12H19BN2O2.C12H14N2O2.C6H12BNO2.C6H7NO.C4H6O3.C3Cl6O3.C2H3O.BO.Na.H2O/c1-14(18)15-8-6-10(7-9-15)16-11-4-2-3-5-12(11)19-13(16)17;1-13(17)15-8-6-10(7-9-15)14-11-4-2-3-5-12(11)16;15-12-14(9-5-7-13-8-6-9)10-3-1-2-4-11(10)16-12;1-7(10)8-4-2-6(9)3-5-8;7-5-3-1-2-4-6(5)8;1-3(5)7-4(2)6;4-2(5,6)11-1(10)12-3(7,8)9;1-2-3;1-2;;/h2-5,10,18H,6-9H2,1H3;2-5,10,14,16-17H,6-9H2,1H3;1-4,9,13H,5-8H2;10H,2-5H2,1H3;1-4,8H,7H2;1-2H3;;1H3;;;1H2/q;;;;;;;-1;;+1;. The van der Waals surface area contributed by atoms with Crippen molar-refractivity contribution in [1.82, 2.24) is 28.9 Å².